The number of thiophene rings is 1. The second kappa shape index (κ2) is 20.5. The van der Waals surface area contributed by atoms with Gasteiger partial charge in [0.25, 0.3) is 0 Å². The molecule has 2 heteroatoms. The van der Waals surface area contributed by atoms with Crippen molar-refractivity contribution < 1.29 is 0 Å². The molecular weight excluding hydrogens is 959 g/mol. The van der Waals surface area contributed by atoms with E-state index in [1.54, 1.807) is 0 Å². The van der Waals surface area contributed by atoms with Gasteiger partial charge in [-0.05, 0) is 141 Å². The van der Waals surface area contributed by atoms with Crippen molar-refractivity contribution in [3.63, 3.8) is 0 Å². The van der Waals surface area contributed by atoms with Crippen molar-refractivity contribution in [1.82, 2.24) is 0 Å². The van der Waals surface area contributed by atoms with E-state index in [1.165, 1.54) is 109 Å². The van der Waals surface area contributed by atoms with Crippen molar-refractivity contribution in [2.45, 2.75) is 38.0 Å². The monoisotopic (exact) mass is 1020 g/mol. The van der Waals surface area contributed by atoms with Gasteiger partial charge in [0.2, 0.25) is 0 Å². The molecule has 11 aromatic carbocycles. The average molecular weight is 1020 g/mol. The molecule has 1 spiro atoms. The normalized spacial score (nSPS) is 13.7. The minimum atomic E-state index is -0.545. The SMILES string of the molecule is CC/C(=C\C=C(/C)c1ccccc1)N(c1ccc(C)cc1)c1ccc(-c2cccc3c2-c2ccccc2C32c3ccccc3C(c3ccccc3)(c3ccccc3)c3ccccc32)cc1.c1ccc2c(c1)sc1ccccc12. The third-order valence-electron chi connectivity index (χ3n) is 16.4. The highest BCUT2D eigenvalue weighted by atomic mass is 32.1. The second-order valence-electron chi connectivity index (χ2n) is 20.6. The van der Waals surface area contributed by atoms with Crippen molar-refractivity contribution in [1.29, 1.82) is 0 Å². The zero-order valence-electron chi connectivity index (χ0n) is 44.3. The standard InChI is InChI=1S/C64H51N.C12H8S/c1-4-51(42-37-46(3)47-21-8-5-9-22-47)65(52-40-35-45(2)36-41-52)53-43-38-48(39-44-53)54-28-20-34-61-62(54)55-27-14-15-29-56(55)64(61)59-32-18-16-30-57(59)63(49-23-10-6-11-24-49,50-25-12-7-13-26-50)58-31-17-19-33-60(58)64;1-3-7-11-9(5-1)10-6-2-4-8-12(10)13-11/h5-44H,4H2,1-3H3;1-8H/b46-37+,51-42+;. The molecule has 2 aliphatic rings. The van der Waals surface area contributed by atoms with Gasteiger partial charge in [-0.2, -0.15) is 0 Å². The lowest BCUT2D eigenvalue weighted by molar-refractivity contribution is 0.623. The van der Waals surface area contributed by atoms with Crippen molar-refractivity contribution in [2.24, 2.45) is 0 Å². The first-order valence-electron chi connectivity index (χ1n) is 27.3. The molecule has 0 fully saturated rings. The Morgan fingerprint density at radius 1 is 0.397 bits per heavy atom. The number of hydrogen-bond donors (Lipinski definition) is 0. The summed E-state index contributed by atoms with van der Waals surface area (Å²) < 4.78 is 2.76. The van der Waals surface area contributed by atoms with E-state index in [0.717, 1.165) is 17.8 Å². The fourth-order valence-electron chi connectivity index (χ4n) is 12.9. The van der Waals surface area contributed by atoms with E-state index in [4.69, 9.17) is 0 Å². The van der Waals surface area contributed by atoms with E-state index in [1.807, 2.05) is 11.3 Å². The van der Waals surface area contributed by atoms with Crippen LogP contribution in [0.1, 0.15) is 75.9 Å². The molecule has 0 atom stereocenters. The lowest BCUT2D eigenvalue weighted by Gasteiger charge is -2.50. The Kier molecular flexibility index (Phi) is 12.7. The summed E-state index contributed by atoms with van der Waals surface area (Å²) in [7, 11) is 0. The van der Waals surface area contributed by atoms with Gasteiger partial charge in [0.15, 0.2) is 0 Å². The number of nitrogens with zero attached hydrogens (tertiary/aromatic N) is 1. The molecule has 1 nitrogen and oxygen atoms in total. The number of fused-ring (bicyclic) bond motifs is 12. The Balaban J connectivity index is 0.000000386. The Morgan fingerprint density at radius 3 is 1.38 bits per heavy atom. The minimum absolute atomic E-state index is 0.531. The number of benzene rings is 11. The molecule has 0 unspecified atom stereocenters. The third kappa shape index (κ3) is 7.98. The lowest BCUT2D eigenvalue weighted by Crippen LogP contribution is -2.44. The maximum Gasteiger partial charge on any atom is 0.0720 e. The van der Waals surface area contributed by atoms with Crippen LogP contribution in [-0.2, 0) is 10.8 Å². The van der Waals surface area contributed by atoms with Crippen LogP contribution in [0.5, 0.6) is 0 Å². The van der Waals surface area contributed by atoms with Gasteiger partial charge in [0.05, 0.1) is 10.8 Å². The smallest absolute Gasteiger partial charge is 0.0720 e. The molecular formula is C76H59NS. The molecule has 0 N–H and O–H groups in total. The minimum Gasteiger partial charge on any atom is -0.314 e. The van der Waals surface area contributed by atoms with Gasteiger partial charge in [-0.3, -0.25) is 0 Å². The Morgan fingerprint density at radius 2 is 0.833 bits per heavy atom. The number of anilines is 2. The van der Waals surface area contributed by atoms with Gasteiger partial charge >= 0.3 is 0 Å². The molecule has 12 aromatic rings. The summed E-state index contributed by atoms with van der Waals surface area (Å²) in [6.45, 7) is 6.59. The zero-order chi connectivity index (χ0) is 52.6. The Labute approximate surface area is 463 Å². The first kappa shape index (κ1) is 48.6. The van der Waals surface area contributed by atoms with Gasteiger partial charge in [0, 0.05) is 37.2 Å². The highest BCUT2D eigenvalue weighted by Gasteiger charge is 2.56. The van der Waals surface area contributed by atoms with Crippen LogP contribution in [0.3, 0.4) is 0 Å². The van der Waals surface area contributed by atoms with E-state index in [0.29, 0.717) is 0 Å². The molecule has 0 bridgehead atoms. The molecule has 0 amide bonds. The number of hydrogen-bond acceptors (Lipinski definition) is 2. The highest BCUT2D eigenvalue weighted by molar-refractivity contribution is 7.25. The van der Waals surface area contributed by atoms with E-state index in [-0.39, 0.29) is 0 Å². The van der Waals surface area contributed by atoms with Crippen LogP contribution in [0.15, 0.2) is 297 Å². The molecule has 1 heterocycles. The van der Waals surface area contributed by atoms with Crippen LogP contribution < -0.4 is 4.90 Å². The first-order chi connectivity index (χ1) is 38.5. The van der Waals surface area contributed by atoms with Gasteiger partial charge < -0.3 is 4.90 Å². The topological polar surface area (TPSA) is 3.24 Å². The first-order valence-corrected chi connectivity index (χ1v) is 28.1. The lowest BCUT2D eigenvalue weighted by atomic mass is 9.51. The summed E-state index contributed by atoms with van der Waals surface area (Å²) >= 11 is 1.86. The van der Waals surface area contributed by atoms with Crippen LogP contribution in [0.25, 0.3) is 48.0 Å². The van der Waals surface area contributed by atoms with Crippen molar-refractivity contribution in [3.8, 4) is 22.3 Å². The maximum atomic E-state index is 2.42. The summed E-state index contributed by atoms with van der Waals surface area (Å²) in [5, 5.41) is 2.76. The van der Waals surface area contributed by atoms with E-state index >= 15 is 0 Å². The van der Waals surface area contributed by atoms with Crippen molar-refractivity contribution >= 4 is 48.5 Å². The molecule has 14 rings (SSSR count). The van der Waals surface area contributed by atoms with E-state index in [9.17, 15) is 0 Å². The summed E-state index contributed by atoms with van der Waals surface area (Å²) in [6.07, 6.45) is 5.42. The predicted molar refractivity (Wildman–Crippen MR) is 332 cm³/mol. The molecule has 374 valence electrons. The second-order valence-corrected chi connectivity index (χ2v) is 21.7. The summed E-state index contributed by atoms with van der Waals surface area (Å²) in [5.41, 5.74) is 21.7. The number of aryl methyl sites for hydroxylation is 1. The Bertz CT molecular complexity index is 4040. The summed E-state index contributed by atoms with van der Waals surface area (Å²) in [4.78, 5) is 2.42. The van der Waals surface area contributed by atoms with Crippen molar-refractivity contribution in [3.05, 3.63) is 353 Å². The summed E-state index contributed by atoms with van der Waals surface area (Å²) in [5.74, 6) is 0. The Hall–Kier alpha value is -9.08. The molecule has 0 aliphatic heterocycles. The van der Waals surface area contributed by atoms with E-state index < -0.39 is 10.8 Å². The number of allylic oxidation sites excluding steroid dienone is 4. The van der Waals surface area contributed by atoms with Crippen LogP contribution in [0.4, 0.5) is 11.4 Å². The molecule has 0 radical (unpaired) electrons. The fourth-order valence-corrected chi connectivity index (χ4v) is 14.0. The van der Waals surface area contributed by atoms with Gasteiger partial charge in [0.1, 0.15) is 0 Å². The zero-order valence-corrected chi connectivity index (χ0v) is 45.1. The predicted octanol–water partition coefficient (Wildman–Crippen LogP) is 20.3. The van der Waals surface area contributed by atoms with Gasteiger partial charge in [-0.25, -0.2) is 0 Å². The molecule has 0 saturated carbocycles. The molecule has 2 aliphatic carbocycles. The van der Waals surface area contributed by atoms with E-state index in [2.05, 4.69) is 317 Å². The largest absolute Gasteiger partial charge is 0.314 e. The van der Waals surface area contributed by atoms with Crippen LogP contribution in [0.2, 0.25) is 0 Å². The highest BCUT2D eigenvalue weighted by Crippen LogP contribution is 2.65. The fraction of sp³-hybridized carbons (Fsp3) is 0.0789. The molecule has 0 saturated heterocycles. The average Bonchev–Trinajstić information content (AvgIpc) is 2.83. The molecule has 1 aromatic heterocycles. The number of rotatable bonds is 9. The molecule has 78 heavy (non-hydrogen) atoms. The summed E-state index contributed by atoms with van der Waals surface area (Å²) in [6, 6.07) is 103. The van der Waals surface area contributed by atoms with Crippen LogP contribution in [0, 0.1) is 6.92 Å². The van der Waals surface area contributed by atoms with Gasteiger partial charge in [-0.1, -0.05) is 261 Å². The quantitative estimate of drug-likeness (QED) is 0.130. The van der Waals surface area contributed by atoms with Gasteiger partial charge in [-0.15, -0.1) is 11.3 Å². The maximum absolute atomic E-state index is 2.42. The third-order valence-corrected chi connectivity index (χ3v) is 17.5. The van der Waals surface area contributed by atoms with Crippen molar-refractivity contribution in [2.75, 3.05) is 4.90 Å². The van der Waals surface area contributed by atoms with Crippen LogP contribution >= 0.6 is 11.3 Å². The van der Waals surface area contributed by atoms with Crippen LogP contribution in [-0.4, -0.2) is 0 Å².